The quantitative estimate of drug-likeness (QED) is 0.883. The molecule has 0 aliphatic heterocycles. The summed E-state index contributed by atoms with van der Waals surface area (Å²) in [7, 11) is 1.50. The van der Waals surface area contributed by atoms with Crippen molar-refractivity contribution >= 4 is 11.9 Å². The Morgan fingerprint density at radius 1 is 1.10 bits per heavy atom. The molecule has 2 rings (SSSR count). The Bertz CT molecular complexity index is 640. The van der Waals surface area contributed by atoms with Crippen molar-refractivity contribution in [2.75, 3.05) is 7.11 Å². The second-order valence-electron chi connectivity index (χ2n) is 4.39. The zero-order valence-electron chi connectivity index (χ0n) is 11.4. The Kier molecular flexibility index (Phi) is 4.56. The number of ether oxygens (including phenoxy) is 1. The molecule has 21 heavy (non-hydrogen) atoms. The summed E-state index contributed by atoms with van der Waals surface area (Å²) >= 11 is 0. The van der Waals surface area contributed by atoms with E-state index in [0.29, 0.717) is 16.9 Å². The van der Waals surface area contributed by atoms with Gasteiger partial charge >= 0.3 is 5.97 Å². The number of benzene rings is 2. The number of hydrogen-bond donors (Lipinski definition) is 2. The normalized spacial score (nSPS) is 11.5. The van der Waals surface area contributed by atoms with E-state index in [0.717, 1.165) is 0 Å². The fourth-order valence-electron chi connectivity index (χ4n) is 1.91. The van der Waals surface area contributed by atoms with E-state index in [2.05, 4.69) is 5.32 Å². The third kappa shape index (κ3) is 3.60. The van der Waals surface area contributed by atoms with Crippen molar-refractivity contribution in [3.05, 3.63) is 65.7 Å². The Labute approximate surface area is 122 Å². The molecule has 1 atom stereocenters. The second kappa shape index (κ2) is 6.56. The van der Waals surface area contributed by atoms with Gasteiger partial charge < -0.3 is 15.2 Å². The first-order valence-corrected chi connectivity index (χ1v) is 6.34. The summed E-state index contributed by atoms with van der Waals surface area (Å²) in [5.41, 5.74) is 0.859. The summed E-state index contributed by atoms with van der Waals surface area (Å²) in [6.45, 7) is 0. The molecule has 0 aliphatic rings. The highest BCUT2D eigenvalue weighted by Crippen LogP contribution is 2.16. The van der Waals surface area contributed by atoms with Gasteiger partial charge in [-0.1, -0.05) is 36.4 Å². The van der Waals surface area contributed by atoms with E-state index in [9.17, 15) is 14.7 Å². The number of carboxylic acid groups (broad SMARTS) is 1. The number of carbonyl (C=O) groups excluding carboxylic acids is 1. The number of hydrogen-bond acceptors (Lipinski definition) is 3. The molecule has 0 saturated carbocycles. The van der Waals surface area contributed by atoms with Gasteiger partial charge in [0.15, 0.2) is 6.04 Å². The van der Waals surface area contributed by atoms with E-state index < -0.39 is 17.9 Å². The fourth-order valence-corrected chi connectivity index (χ4v) is 1.91. The molecule has 0 saturated heterocycles. The van der Waals surface area contributed by atoms with Gasteiger partial charge in [-0.3, -0.25) is 4.79 Å². The molecular formula is C16H15NO4. The number of aliphatic carboxylic acids is 1. The van der Waals surface area contributed by atoms with Crippen LogP contribution in [0.3, 0.4) is 0 Å². The number of carbonyl (C=O) groups is 2. The topological polar surface area (TPSA) is 75.6 Å². The van der Waals surface area contributed by atoms with Crippen LogP contribution in [0.4, 0.5) is 0 Å². The predicted octanol–water partition coefficient (Wildman–Crippen LogP) is 2.25. The van der Waals surface area contributed by atoms with Crippen LogP contribution in [-0.2, 0) is 4.79 Å². The molecule has 2 N–H and O–H groups in total. The second-order valence-corrected chi connectivity index (χ2v) is 4.39. The van der Waals surface area contributed by atoms with E-state index >= 15 is 0 Å². The van der Waals surface area contributed by atoms with Gasteiger partial charge in [-0.05, 0) is 23.8 Å². The van der Waals surface area contributed by atoms with Crippen LogP contribution in [0.25, 0.3) is 0 Å². The minimum Gasteiger partial charge on any atom is -0.497 e. The monoisotopic (exact) mass is 285 g/mol. The zero-order valence-corrected chi connectivity index (χ0v) is 11.4. The highest BCUT2D eigenvalue weighted by atomic mass is 16.5. The molecule has 0 fully saturated rings. The Morgan fingerprint density at radius 3 is 2.43 bits per heavy atom. The number of nitrogens with one attached hydrogen (secondary N) is 1. The van der Waals surface area contributed by atoms with Crippen molar-refractivity contribution in [1.29, 1.82) is 0 Å². The summed E-state index contributed by atoms with van der Waals surface area (Å²) < 4.78 is 5.05. The molecule has 108 valence electrons. The van der Waals surface area contributed by atoms with Crippen LogP contribution in [0.5, 0.6) is 5.75 Å². The van der Waals surface area contributed by atoms with Gasteiger partial charge in [0.2, 0.25) is 0 Å². The molecule has 0 aromatic heterocycles. The molecule has 1 unspecified atom stereocenters. The largest absolute Gasteiger partial charge is 0.497 e. The number of amides is 1. The Balaban J connectivity index is 2.21. The first-order valence-electron chi connectivity index (χ1n) is 6.34. The van der Waals surface area contributed by atoms with E-state index in [4.69, 9.17) is 4.74 Å². The van der Waals surface area contributed by atoms with Crippen LogP contribution in [-0.4, -0.2) is 24.1 Å². The molecule has 0 bridgehead atoms. The third-order valence-corrected chi connectivity index (χ3v) is 2.99. The maximum absolute atomic E-state index is 12.2. The minimum absolute atomic E-state index is 0.344. The third-order valence-electron chi connectivity index (χ3n) is 2.99. The standard InChI is InChI=1S/C16H15NO4/c1-21-13-9-5-8-12(10-13)15(18)17-14(16(19)20)11-6-3-2-4-7-11/h2-10,14H,1H3,(H,17,18)(H,19,20). The maximum atomic E-state index is 12.2. The number of rotatable bonds is 5. The molecule has 5 heteroatoms. The van der Waals surface area contributed by atoms with Crippen molar-refractivity contribution in [3.8, 4) is 5.75 Å². The predicted molar refractivity (Wildman–Crippen MR) is 77.3 cm³/mol. The summed E-state index contributed by atoms with van der Waals surface area (Å²) in [6, 6.07) is 14.0. The first-order chi connectivity index (χ1) is 10.1. The average molecular weight is 285 g/mol. The van der Waals surface area contributed by atoms with Gasteiger partial charge in [0.25, 0.3) is 5.91 Å². The fraction of sp³-hybridized carbons (Fsp3) is 0.125. The van der Waals surface area contributed by atoms with Crippen molar-refractivity contribution < 1.29 is 19.4 Å². The van der Waals surface area contributed by atoms with Crippen LogP contribution in [0.1, 0.15) is 22.0 Å². The SMILES string of the molecule is COc1cccc(C(=O)NC(C(=O)O)c2ccccc2)c1. The van der Waals surface area contributed by atoms with Crippen LogP contribution < -0.4 is 10.1 Å². The lowest BCUT2D eigenvalue weighted by Crippen LogP contribution is -2.33. The molecule has 1 amide bonds. The van der Waals surface area contributed by atoms with Crippen LogP contribution >= 0.6 is 0 Å². The van der Waals surface area contributed by atoms with E-state index in [1.165, 1.54) is 7.11 Å². The Morgan fingerprint density at radius 2 is 1.81 bits per heavy atom. The first kappa shape index (κ1) is 14.6. The van der Waals surface area contributed by atoms with E-state index in [1.807, 2.05) is 0 Å². The van der Waals surface area contributed by atoms with Crippen molar-refractivity contribution in [2.24, 2.45) is 0 Å². The number of methoxy groups -OCH3 is 1. The lowest BCUT2D eigenvalue weighted by Gasteiger charge is -2.15. The van der Waals surface area contributed by atoms with E-state index in [-0.39, 0.29) is 0 Å². The summed E-state index contributed by atoms with van der Waals surface area (Å²) in [6.07, 6.45) is 0. The summed E-state index contributed by atoms with van der Waals surface area (Å²) in [5.74, 6) is -1.04. The highest BCUT2D eigenvalue weighted by molar-refractivity contribution is 5.97. The van der Waals surface area contributed by atoms with Crippen LogP contribution in [0, 0.1) is 0 Å². The molecule has 0 radical (unpaired) electrons. The zero-order chi connectivity index (χ0) is 15.2. The van der Waals surface area contributed by atoms with Gasteiger partial charge in [-0.25, -0.2) is 4.79 Å². The molecular weight excluding hydrogens is 270 g/mol. The average Bonchev–Trinajstić information content (AvgIpc) is 2.53. The van der Waals surface area contributed by atoms with Crippen molar-refractivity contribution in [1.82, 2.24) is 5.32 Å². The van der Waals surface area contributed by atoms with Crippen LogP contribution in [0.2, 0.25) is 0 Å². The van der Waals surface area contributed by atoms with Crippen molar-refractivity contribution in [2.45, 2.75) is 6.04 Å². The van der Waals surface area contributed by atoms with Gasteiger partial charge in [-0.2, -0.15) is 0 Å². The van der Waals surface area contributed by atoms with E-state index in [1.54, 1.807) is 54.6 Å². The smallest absolute Gasteiger partial charge is 0.330 e. The summed E-state index contributed by atoms with van der Waals surface area (Å²) in [4.78, 5) is 23.5. The Hall–Kier alpha value is -2.82. The van der Waals surface area contributed by atoms with Gasteiger partial charge in [0, 0.05) is 5.56 Å². The molecule has 2 aromatic rings. The number of carboxylic acids is 1. The highest BCUT2D eigenvalue weighted by Gasteiger charge is 2.22. The minimum atomic E-state index is -1.11. The maximum Gasteiger partial charge on any atom is 0.330 e. The van der Waals surface area contributed by atoms with Crippen LogP contribution in [0.15, 0.2) is 54.6 Å². The lowest BCUT2D eigenvalue weighted by atomic mass is 10.1. The van der Waals surface area contributed by atoms with Gasteiger partial charge in [-0.15, -0.1) is 0 Å². The van der Waals surface area contributed by atoms with Gasteiger partial charge in [0.05, 0.1) is 7.11 Å². The molecule has 0 spiro atoms. The molecule has 0 heterocycles. The summed E-state index contributed by atoms with van der Waals surface area (Å²) in [5, 5.41) is 11.8. The molecule has 5 nitrogen and oxygen atoms in total. The lowest BCUT2D eigenvalue weighted by molar-refractivity contribution is -0.139. The van der Waals surface area contributed by atoms with Crippen molar-refractivity contribution in [3.63, 3.8) is 0 Å². The molecule has 0 aliphatic carbocycles. The van der Waals surface area contributed by atoms with Gasteiger partial charge in [0.1, 0.15) is 5.75 Å². The molecule has 2 aromatic carbocycles.